The number of aromatic nitrogens is 1. The number of pyridine rings is 1. The monoisotopic (exact) mass is 276 g/mol. The van der Waals surface area contributed by atoms with Crippen LogP contribution in [0, 0.1) is 5.82 Å². The molecule has 2 aromatic rings. The van der Waals surface area contributed by atoms with Crippen LogP contribution in [0.3, 0.4) is 0 Å². The molecule has 20 heavy (non-hydrogen) atoms. The van der Waals surface area contributed by atoms with Gasteiger partial charge >= 0.3 is 0 Å². The number of hydrogen-bond donors (Lipinski definition) is 1. The molecule has 0 radical (unpaired) electrons. The van der Waals surface area contributed by atoms with E-state index in [1.54, 1.807) is 39.6 Å². The Morgan fingerprint density at radius 1 is 1.20 bits per heavy atom. The maximum atomic E-state index is 13.9. The van der Waals surface area contributed by atoms with Crippen LogP contribution in [0.15, 0.2) is 36.5 Å². The average molecular weight is 276 g/mol. The second kappa shape index (κ2) is 6.34. The fraction of sp³-hybridized carbons (Fsp3) is 0.267. The third-order valence-corrected chi connectivity index (χ3v) is 3.10. The number of hydrogen-bond acceptors (Lipinski definition) is 4. The Labute approximate surface area is 117 Å². The zero-order chi connectivity index (χ0) is 14.5. The summed E-state index contributed by atoms with van der Waals surface area (Å²) < 4.78 is 24.5. The maximum Gasteiger partial charge on any atom is 0.146 e. The summed E-state index contributed by atoms with van der Waals surface area (Å²) in [7, 11) is 4.91. The molecule has 1 atom stereocenters. The van der Waals surface area contributed by atoms with E-state index in [0.29, 0.717) is 17.2 Å². The Morgan fingerprint density at radius 2 is 2.00 bits per heavy atom. The molecule has 0 aliphatic rings. The minimum Gasteiger partial charge on any atom is -0.497 e. The SMILES string of the molecule is CNC(c1ccc(OC)cc1OC)c1ncccc1F. The number of benzene rings is 1. The highest BCUT2D eigenvalue weighted by Crippen LogP contribution is 2.32. The van der Waals surface area contributed by atoms with Gasteiger partial charge in [-0.1, -0.05) is 0 Å². The third kappa shape index (κ3) is 2.72. The molecule has 2 rings (SSSR count). The molecule has 5 heteroatoms. The molecule has 0 saturated heterocycles. The number of rotatable bonds is 5. The van der Waals surface area contributed by atoms with Gasteiger partial charge in [0, 0.05) is 17.8 Å². The van der Waals surface area contributed by atoms with Gasteiger partial charge < -0.3 is 14.8 Å². The van der Waals surface area contributed by atoms with Crippen LogP contribution in [0.25, 0.3) is 0 Å². The smallest absolute Gasteiger partial charge is 0.146 e. The summed E-state index contributed by atoms with van der Waals surface area (Å²) >= 11 is 0. The topological polar surface area (TPSA) is 43.4 Å². The lowest BCUT2D eigenvalue weighted by molar-refractivity contribution is 0.387. The van der Waals surface area contributed by atoms with Crippen LogP contribution in [0.2, 0.25) is 0 Å². The molecular formula is C15H17FN2O2. The minimum absolute atomic E-state index is 0.332. The van der Waals surface area contributed by atoms with Gasteiger partial charge in [0.1, 0.15) is 17.3 Å². The summed E-state index contributed by atoms with van der Waals surface area (Å²) in [6.45, 7) is 0. The molecule has 4 nitrogen and oxygen atoms in total. The highest BCUT2D eigenvalue weighted by molar-refractivity contribution is 5.45. The molecular weight excluding hydrogens is 259 g/mol. The minimum atomic E-state index is -0.392. The van der Waals surface area contributed by atoms with E-state index in [1.807, 2.05) is 12.1 Å². The first-order chi connectivity index (χ1) is 9.71. The first-order valence-electron chi connectivity index (χ1n) is 6.20. The number of methoxy groups -OCH3 is 2. The lowest BCUT2D eigenvalue weighted by Gasteiger charge is -2.19. The molecule has 0 amide bonds. The van der Waals surface area contributed by atoms with Crippen molar-refractivity contribution in [3.8, 4) is 11.5 Å². The van der Waals surface area contributed by atoms with Crippen LogP contribution in [0.5, 0.6) is 11.5 Å². The fourth-order valence-electron chi connectivity index (χ4n) is 2.11. The predicted octanol–water partition coefficient (Wildman–Crippen LogP) is 2.55. The second-order valence-electron chi connectivity index (χ2n) is 4.20. The molecule has 0 fully saturated rings. The summed E-state index contributed by atoms with van der Waals surface area (Å²) in [6.07, 6.45) is 1.57. The molecule has 1 aromatic carbocycles. The summed E-state index contributed by atoms with van der Waals surface area (Å²) in [4.78, 5) is 4.12. The lowest BCUT2D eigenvalue weighted by atomic mass is 10.0. The third-order valence-electron chi connectivity index (χ3n) is 3.10. The summed E-state index contributed by atoms with van der Waals surface area (Å²) in [5.74, 6) is 0.945. The van der Waals surface area contributed by atoms with Gasteiger partial charge in [-0.25, -0.2) is 4.39 Å². The van der Waals surface area contributed by atoms with Gasteiger partial charge in [0.2, 0.25) is 0 Å². The van der Waals surface area contributed by atoms with Gasteiger partial charge in [-0.15, -0.1) is 0 Å². The highest BCUT2D eigenvalue weighted by atomic mass is 19.1. The van der Waals surface area contributed by atoms with Crippen LogP contribution in [-0.4, -0.2) is 26.3 Å². The first-order valence-corrected chi connectivity index (χ1v) is 6.20. The van der Waals surface area contributed by atoms with E-state index in [4.69, 9.17) is 9.47 Å². The van der Waals surface area contributed by atoms with E-state index in [1.165, 1.54) is 6.07 Å². The highest BCUT2D eigenvalue weighted by Gasteiger charge is 2.21. The van der Waals surface area contributed by atoms with E-state index in [0.717, 1.165) is 5.56 Å². The quantitative estimate of drug-likeness (QED) is 0.911. The predicted molar refractivity (Wildman–Crippen MR) is 74.6 cm³/mol. The summed E-state index contributed by atoms with van der Waals surface area (Å²) in [6, 6.07) is 7.98. The zero-order valence-corrected chi connectivity index (χ0v) is 11.7. The number of nitrogens with one attached hydrogen (secondary N) is 1. The van der Waals surface area contributed by atoms with Crippen LogP contribution in [0.1, 0.15) is 17.3 Å². The van der Waals surface area contributed by atoms with E-state index in [9.17, 15) is 4.39 Å². The van der Waals surface area contributed by atoms with Gasteiger partial charge in [-0.3, -0.25) is 4.98 Å². The largest absolute Gasteiger partial charge is 0.497 e. The van der Waals surface area contributed by atoms with Crippen molar-refractivity contribution in [3.05, 3.63) is 53.6 Å². The number of nitrogens with zero attached hydrogens (tertiary/aromatic N) is 1. The molecule has 1 aromatic heterocycles. The molecule has 0 aliphatic carbocycles. The van der Waals surface area contributed by atoms with E-state index in [-0.39, 0.29) is 5.82 Å². The average Bonchev–Trinajstić information content (AvgIpc) is 2.50. The Bertz CT molecular complexity index is 590. The molecule has 106 valence electrons. The standard InChI is InChI=1S/C15H17FN2O2/c1-17-14(15-12(16)5-4-8-18-15)11-7-6-10(19-2)9-13(11)20-3/h4-9,14,17H,1-3H3. The molecule has 1 unspecified atom stereocenters. The van der Waals surface area contributed by atoms with Gasteiger partial charge in [-0.05, 0) is 31.3 Å². The molecule has 0 aliphatic heterocycles. The lowest BCUT2D eigenvalue weighted by Crippen LogP contribution is -2.21. The van der Waals surface area contributed by atoms with Crippen LogP contribution < -0.4 is 14.8 Å². The summed E-state index contributed by atoms with van der Waals surface area (Å²) in [5.41, 5.74) is 1.13. The van der Waals surface area contributed by atoms with Crippen molar-refractivity contribution in [3.63, 3.8) is 0 Å². The molecule has 0 saturated carbocycles. The Kier molecular flexibility index (Phi) is 4.53. The van der Waals surface area contributed by atoms with E-state index < -0.39 is 6.04 Å². The van der Waals surface area contributed by atoms with Crippen molar-refractivity contribution in [2.75, 3.05) is 21.3 Å². The first kappa shape index (κ1) is 14.3. The summed E-state index contributed by atoms with van der Waals surface area (Å²) in [5, 5.41) is 3.06. The normalized spacial score (nSPS) is 12.0. The van der Waals surface area contributed by atoms with Gasteiger partial charge in [0.05, 0.1) is 26.0 Å². The van der Waals surface area contributed by atoms with Crippen molar-refractivity contribution in [2.45, 2.75) is 6.04 Å². The van der Waals surface area contributed by atoms with Crippen molar-refractivity contribution in [1.29, 1.82) is 0 Å². The van der Waals surface area contributed by atoms with Crippen LogP contribution in [-0.2, 0) is 0 Å². The molecule has 0 bridgehead atoms. The Morgan fingerprint density at radius 3 is 2.60 bits per heavy atom. The van der Waals surface area contributed by atoms with E-state index in [2.05, 4.69) is 10.3 Å². The van der Waals surface area contributed by atoms with Gasteiger partial charge in [0.25, 0.3) is 0 Å². The second-order valence-corrected chi connectivity index (χ2v) is 4.20. The molecule has 1 heterocycles. The fourth-order valence-corrected chi connectivity index (χ4v) is 2.11. The molecule has 0 spiro atoms. The van der Waals surface area contributed by atoms with Crippen LogP contribution in [0.4, 0.5) is 4.39 Å². The molecule has 1 N–H and O–H groups in total. The van der Waals surface area contributed by atoms with Crippen molar-refractivity contribution in [2.24, 2.45) is 0 Å². The Hall–Kier alpha value is -2.14. The van der Waals surface area contributed by atoms with Crippen molar-refractivity contribution in [1.82, 2.24) is 10.3 Å². The van der Waals surface area contributed by atoms with Crippen molar-refractivity contribution < 1.29 is 13.9 Å². The van der Waals surface area contributed by atoms with Gasteiger partial charge in [-0.2, -0.15) is 0 Å². The van der Waals surface area contributed by atoms with Gasteiger partial charge in [0.15, 0.2) is 0 Å². The van der Waals surface area contributed by atoms with E-state index >= 15 is 0 Å². The zero-order valence-electron chi connectivity index (χ0n) is 11.7. The van der Waals surface area contributed by atoms with Crippen molar-refractivity contribution >= 4 is 0 Å². The maximum absolute atomic E-state index is 13.9. The number of halogens is 1. The number of ether oxygens (including phenoxy) is 2. The Balaban J connectivity index is 2.49. The van der Waals surface area contributed by atoms with Crippen LogP contribution >= 0.6 is 0 Å².